The Kier molecular flexibility index (Phi) is 2.27. The second-order valence-corrected chi connectivity index (χ2v) is 4.79. The van der Waals surface area contributed by atoms with E-state index in [9.17, 15) is 4.39 Å². The number of hydrogen-bond donors (Lipinski definition) is 1. The number of fused-ring (bicyclic) bond motifs is 1. The molecule has 0 aliphatic heterocycles. The van der Waals surface area contributed by atoms with Gasteiger partial charge in [-0.2, -0.15) is 5.10 Å². The van der Waals surface area contributed by atoms with Crippen LogP contribution in [0.4, 0.5) is 10.2 Å². The number of anilines is 1. The molecule has 0 atom stereocenters. The number of nitrogens with two attached hydrogens (primary N) is 1. The van der Waals surface area contributed by atoms with Gasteiger partial charge in [0.25, 0.3) is 0 Å². The normalized spacial score (nSPS) is 11.2. The second kappa shape index (κ2) is 3.68. The maximum absolute atomic E-state index is 13.0. The number of nitrogens with zero attached hydrogens (tertiary/aromatic N) is 3. The topological polar surface area (TPSA) is 56.2 Å². The van der Waals surface area contributed by atoms with E-state index in [1.165, 1.54) is 17.4 Å². The van der Waals surface area contributed by atoms with Crippen LogP contribution in [-0.4, -0.2) is 14.6 Å². The highest BCUT2D eigenvalue weighted by atomic mass is 35.5. The third kappa shape index (κ3) is 1.75. The lowest BCUT2D eigenvalue weighted by Gasteiger charge is -1.97. The first-order valence-electron chi connectivity index (χ1n) is 4.70. The van der Waals surface area contributed by atoms with Gasteiger partial charge in [0.2, 0.25) is 4.96 Å². The van der Waals surface area contributed by atoms with Gasteiger partial charge in [0.1, 0.15) is 16.6 Å². The summed E-state index contributed by atoms with van der Waals surface area (Å²) in [6, 6.07) is 4.48. The first-order chi connectivity index (χ1) is 8.13. The van der Waals surface area contributed by atoms with Crippen molar-refractivity contribution in [3.8, 4) is 10.6 Å². The number of imidazole rings is 1. The highest BCUT2D eigenvalue weighted by Crippen LogP contribution is 2.28. The SMILES string of the molecule is Nc1cn2nc(-c3ccc(F)c(Cl)c3)sc2n1. The molecule has 0 amide bonds. The van der Waals surface area contributed by atoms with Crippen LogP contribution in [0, 0.1) is 5.82 Å². The van der Waals surface area contributed by atoms with Gasteiger partial charge in [-0.3, -0.25) is 0 Å². The molecule has 2 N–H and O–H groups in total. The summed E-state index contributed by atoms with van der Waals surface area (Å²) in [5, 5.41) is 5.08. The fourth-order valence-corrected chi connectivity index (χ4v) is 2.53. The van der Waals surface area contributed by atoms with Crippen molar-refractivity contribution in [2.75, 3.05) is 5.73 Å². The maximum atomic E-state index is 13.0. The molecule has 3 rings (SSSR count). The Balaban J connectivity index is 2.13. The molecule has 0 bridgehead atoms. The second-order valence-electron chi connectivity index (χ2n) is 3.43. The molecule has 86 valence electrons. The van der Waals surface area contributed by atoms with E-state index in [-0.39, 0.29) is 5.02 Å². The maximum Gasteiger partial charge on any atom is 0.214 e. The molecule has 0 spiro atoms. The first-order valence-corrected chi connectivity index (χ1v) is 5.90. The average Bonchev–Trinajstić information content (AvgIpc) is 2.79. The summed E-state index contributed by atoms with van der Waals surface area (Å²) in [5.41, 5.74) is 6.29. The minimum Gasteiger partial charge on any atom is -0.382 e. The van der Waals surface area contributed by atoms with Crippen LogP contribution in [0.25, 0.3) is 15.5 Å². The Morgan fingerprint density at radius 2 is 2.24 bits per heavy atom. The zero-order valence-corrected chi connectivity index (χ0v) is 9.96. The fourth-order valence-electron chi connectivity index (χ4n) is 1.46. The Labute approximate surface area is 104 Å². The number of benzene rings is 1. The van der Waals surface area contributed by atoms with Crippen LogP contribution in [0.2, 0.25) is 5.02 Å². The van der Waals surface area contributed by atoms with Crippen molar-refractivity contribution in [3.05, 3.63) is 35.2 Å². The van der Waals surface area contributed by atoms with Crippen molar-refractivity contribution in [1.82, 2.24) is 14.6 Å². The standard InChI is InChI=1S/C10H6ClFN4S/c11-6-3-5(1-2-7(6)12)9-15-16-4-8(13)14-10(16)17-9/h1-4H,13H2. The van der Waals surface area contributed by atoms with Crippen LogP contribution in [0.5, 0.6) is 0 Å². The van der Waals surface area contributed by atoms with Gasteiger partial charge in [-0.25, -0.2) is 13.9 Å². The molecule has 7 heteroatoms. The molecule has 0 saturated heterocycles. The van der Waals surface area contributed by atoms with Crippen LogP contribution < -0.4 is 5.73 Å². The molecule has 1 aromatic carbocycles. The molecule has 0 aliphatic rings. The van der Waals surface area contributed by atoms with E-state index in [1.807, 2.05) is 0 Å². The molecular formula is C10H6ClFN4S. The van der Waals surface area contributed by atoms with E-state index in [2.05, 4.69) is 10.1 Å². The number of hydrogen-bond acceptors (Lipinski definition) is 4. The van der Waals surface area contributed by atoms with Crippen LogP contribution in [0.15, 0.2) is 24.4 Å². The predicted molar refractivity (Wildman–Crippen MR) is 65.7 cm³/mol. The summed E-state index contributed by atoms with van der Waals surface area (Å²) in [4.78, 5) is 4.78. The first kappa shape index (κ1) is 10.5. The van der Waals surface area contributed by atoms with Crippen LogP contribution in [0.1, 0.15) is 0 Å². The van der Waals surface area contributed by atoms with Gasteiger partial charge in [0.15, 0.2) is 0 Å². The van der Waals surface area contributed by atoms with Crippen LogP contribution in [-0.2, 0) is 0 Å². The Bertz CT molecular complexity index is 674. The summed E-state index contributed by atoms with van der Waals surface area (Å²) in [7, 11) is 0. The van der Waals surface area contributed by atoms with Gasteiger partial charge in [0, 0.05) is 5.56 Å². The molecule has 0 saturated carbocycles. The molecule has 2 heterocycles. The molecule has 0 aliphatic carbocycles. The lowest BCUT2D eigenvalue weighted by Crippen LogP contribution is -1.85. The van der Waals surface area contributed by atoms with Crippen LogP contribution >= 0.6 is 22.9 Å². The molecule has 17 heavy (non-hydrogen) atoms. The van der Waals surface area contributed by atoms with Crippen molar-refractivity contribution in [2.24, 2.45) is 0 Å². The van der Waals surface area contributed by atoms with Gasteiger partial charge in [-0.1, -0.05) is 22.9 Å². The largest absolute Gasteiger partial charge is 0.382 e. The Morgan fingerprint density at radius 1 is 1.41 bits per heavy atom. The van der Waals surface area contributed by atoms with Crippen molar-refractivity contribution in [3.63, 3.8) is 0 Å². The average molecular weight is 269 g/mol. The third-order valence-electron chi connectivity index (χ3n) is 2.23. The molecule has 0 fully saturated rings. The number of aromatic nitrogens is 3. The lowest BCUT2D eigenvalue weighted by molar-refractivity contribution is 0.628. The van der Waals surface area contributed by atoms with Crippen molar-refractivity contribution in [1.29, 1.82) is 0 Å². The fraction of sp³-hybridized carbons (Fsp3) is 0. The van der Waals surface area contributed by atoms with E-state index >= 15 is 0 Å². The van der Waals surface area contributed by atoms with Gasteiger partial charge in [-0.15, -0.1) is 0 Å². The third-order valence-corrected chi connectivity index (χ3v) is 3.49. The number of nitrogen functional groups attached to an aromatic ring is 1. The van der Waals surface area contributed by atoms with Gasteiger partial charge >= 0.3 is 0 Å². The zero-order valence-electron chi connectivity index (χ0n) is 8.39. The minimum absolute atomic E-state index is 0.0786. The summed E-state index contributed by atoms with van der Waals surface area (Å²) in [6.45, 7) is 0. The predicted octanol–water partition coefficient (Wildman–Crippen LogP) is 2.83. The molecule has 0 radical (unpaired) electrons. The molecule has 4 nitrogen and oxygen atoms in total. The Hall–Kier alpha value is -1.66. The van der Waals surface area contributed by atoms with Gasteiger partial charge < -0.3 is 5.73 Å². The molecule has 2 aromatic heterocycles. The lowest BCUT2D eigenvalue weighted by atomic mass is 10.2. The molecule has 3 aromatic rings. The van der Waals surface area contributed by atoms with Crippen molar-refractivity contribution in [2.45, 2.75) is 0 Å². The van der Waals surface area contributed by atoms with E-state index in [4.69, 9.17) is 17.3 Å². The summed E-state index contributed by atoms with van der Waals surface area (Å²) < 4.78 is 14.6. The van der Waals surface area contributed by atoms with Crippen LogP contribution in [0.3, 0.4) is 0 Å². The highest BCUT2D eigenvalue weighted by molar-refractivity contribution is 7.19. The van der Waals surface area contributed by atoms with E-state index in [0.717, 1.165) is 10.6 Å². The quantitative estimate of drug-likeness (QED) is 0.738. The van der Waals surface area contributed by atoms with Crippen molar-refractivity contribution >= 4 is 33.7 Å². The summed E-state index contributed by atoms with van der Waals surface area (Å²) >= 11 is 7.09. The monoisotopic (exact) mass is 268 g/mol. The van der Waals surface area contributed by atoms with E-state index in [0.29, 0.717) is 10.8 Å². The number of rotatable bonds is 1. The summed E-state index contributed by atoms with van der Waals surface area (Å²) in [6.07, 6.45) is 1.63. The Morgan fingerprint density at radius 3 is 2.94 bits per heavy atom. The smallest absolute Gasteiger partial charge is 0.214 e. The molecular weight excluding hydrogens is 263 g/mol. The number of halogens is 2. The minimum atomic E-state index is -0.444. The van der Waals surface area contributed by atoms with Gasteiger partial charge in [-0.05, 0) is 18.2 Å². The van der Waals surface area contributed by atoms with Gasteiger partial charge in [0.05, 0.1) is 11.2 Å². The van der Waals surface area contributed by atoms with E-state index < -0.39 is 5.82 Å². The van der Waals surface area contributed by atoms with E-state index in [1.54, 1.807) is 22.8 Å². The summed E-state index contributed by atoms with van der Waals surface area (Å²) in [5.74, 6) is -0.0200. The highest BCUT2D eigenvalue weighted by Gasteiger charge is 2.10. The molecule has 0 unspecified atom stereocenters. The zero-order chi connectivity index (χ0) is 12.0. The van der Waals surface area contributed by atoms with Crippen molar-refractivity contribution < 1.29 is 4.39 Å².